The van der Waals surface area contributed by atoms with Crippen LogP contribution in [-0.4, -0.2) is 30.2 Å². The zero-order valence-corrected chi connectivity index (χ0v) is 19.0. The quantitative estimate of drug-likeness (QED) is 0.389. The molecule has 0 spiro atoms. The van der Waals surface area contributed by atoms with Crippen molar-refractivity contribution in [2.45, 2.75) is 34.2 Å². The predicted molar refractivity (Wildman–Crippen MR) is 130 cm³/mol. The standard InChI is InChI=1S/C24H26N8O/c1-13(2)20(25)19-21(26)29-12-30-22(19)28-11-17-31-23-18(15(4)9-10-27-23)24(33)32(17)16-8-6-5-7-14(16)3/h5-10,12-13,25H,11H2,1-4H3,(H3,26,28,29,30). The fourth-order valence-corrected chi connectivity index (χ4v) is 3.73. The molecular formula is C24H26N8O. The van der Waals surface area contributed by atoms with Crippen molar-refractivity contribution < 1.29 is 0 Å². The summed E-state index contributed by atoms with van der Waals surface area (Å²) in [5.41, 5.74) is 9.56. The molecule has 9 heteroatoms. The number of aromatic nitrogens is 5. The van der Waals surface area contributed by atoms with Gasteiger partial charge in [-0.05, 0) is 43.0 Å². The zero-order valence-electron chi connectivity index (χ0n) is 19.0. The lowest BCUT2D eigenvalue weighted by Crippen LogP contribution is -2.27. The molecule has 168 valence electrons. The lowest BCUT2D eigenvalue weighted by Gasteiger charge is -2.18. The van der Waals surface area contributed by atoms with Gasteiger partial charge in [0.25, 0.3) is 5.56 Å². The first-order valence-corrected chi connectivity index (χ1v) is 10.7. The Kier molecular flexibility index (Phi) is 5.87. The lowest BCUT2D eigenvalue weighted by molar-refractivity contribution is 0.825. The highest BCUT2D eigenvalue weighted by Crippen LogP contribution is 2.23. The number of hydrogen-bond donors (Lipinski definition) is 3. The monoisotopic (exact) mass is 442 g/mol. The van der Waals surface area contributed by atoms with E-state index in [1.165, 1.54) is 6.33 Å². The minimum Gasteiger partial charge on any atom is -0.383 e. The van der Waals surface area contributed by atoms with Crippen molar-refractivity contribution in [3.63, 3.8) is 0 Å². The summed E-state index contributed by atoms with van der Waals surface area (Å²) in [6, 6.07) is 9.46. The Balaban J connectivity index is 1.87. The molecule has 0 atom stereocenters. The first kappa shape index (κ1) is 22.1. The van der Waals surface area contributed by atoms with Crippen LogP contribution in [0.4, 0.5) is 11.6 Å². The van der Waals surface area contributed by atoms with E-state index in [1.807, 2.05) is 52.0 Å². The number of pyridine rings is 1. The molecule has 4 N–H and O–H groups in total. The summed E-state index contributed by atoms with van der Waals surface area (Å²) in [5.74, 6) is 1.06. The van der Waals surface area contributed by atoms with Crippen molar-refractivity contribution in [1.82, 2.24) is 24.5 Å². The van der Waals surface area contributed by atoms with Gasteiger partial charge in [0.15, 0.2) is 5.65 Å². The van der Waals surface area contributed by atoms with Gasteiger partial charge in [-0.2, -0.15) is 0 Å². The van der Waals surface area contributed by atoms with Gasteiger partial charge in [0.1, 0.15) is 23.8 Å². The van der Waals surface area contributed by atoms with Crippen LogP contribution in [0.2, 0.25) is 0 Å². The Morgan fingerprint density at radius 3 is 2.61 bits per heavy atom. The number of hydrogen-bond acceptors (Lipinski definition) is 8. The number of fused-ring (bicyclic) bond motifs is 1. The van der Waals surface area contributed by atoms with E-state index in [-0.39, 0.29) is 23.8 Å². The normalized spacial score (nSPS) is 11.2. The summed E-state index contributed by atoms with van der Waals surface area (Å²) >= 11 is 0. The summed E-state index contributed by atoms with van der Waals surface area (Å²) < 4.78 is 1.61. The molecule has 0 radical (unpaired) electrons. The van der Waals surface area contributed by atoms with E-state index in [4.69, 9.17) is 16.1 Å². The third kappa shape index (κ3) is 4.05. The number of anilines is 2. The fraction of sp³-hybridized carbons (Fsp3) is 0.250. The van der Waals surface area contributed by atoms with Gasteiger partial charge in [-0.25, -0.2) is 19.9 Å². The summed E-state index contributed by atoms with van der Waals surface area (Å²) in [5, 5.41) is 12.1. The maximum atomic E-state index is 13.6. The molecule has 1 aromatic carbocycles. The Labute approximate surface area is 191 Å². The molecule has 0 fully saturated rings. The molecule has 3 heterocycles. The highest BCUT2D eigenvalue weighted by atomic mass is 16.1. The van der Waals surface area contributed by atoms with Crippen LogP contribution in [0.3, 0.4) is 0 Å². The largest absolute Gasteiger partial charge is 0.383 e. The molecule has 0 aliphatic rings. The number of para-hydroxylation sites is 1. The van der Waals surface area contributed by atoms with E-state index in [1.54, 1.807) is 16.8 Å². The summed E-state index contributed by atoms with van der Waals surface area (Å²) in [6.07, 6.45) is 2.99. The smallest absolute Gasteiger partial charge is 0.267 e. The van der Waals surface area contributed by atoms with Crippen molar-refractivity contribution in [3.8, 4) is 5.69 Å². The Bertz CT molecular complexity index is 1420. The second kappa shape index (κ2) is 8.78. The van der Waals surface area contributed by atoms with Crippen molar-refractivity contribution in [1.29, 1.82) is 5.41 Å². The molecule has 3 aromatic heterocycles. The third-order valence-electron chi connectivity index (χ3n) is 5.54. The first-order chi connectivity index (χ1) is 15.8. The van der Waals surface area contributed by atoms with Gasteiger partial charge in [-0.3, -0.25) is 9.36 Å². The molecule has 0 aliphatic carbocycles. The van der Waals surface area contributed by atoms with Crippen LogP contribution in [0.25, 0.3) is 16.7 Å². The Morgan fingerprint density at radius 2 is 1.88 bits per heavy atom. The maximum absolute atomic E-state index is 13.6. The average molecular weight is 443 g/mol. The molecule has 9 nitrogen and oxygen atoms in total. The number of rotatable bonds is 6. The lowest BCUT2D eigenvalue weighted by atomic mass is 10.0. The van der Waals surface area contributed by atoms with E-state index >= 15 is 0 Å². The van der Waals surface area contributed by atoms with Crippen molar-refractivity contribution in [2.75, 3.05) is 11.1 Å². The summed E-state index contributed by atoms with van der Waals surface area (Å²) in [7, 11) is 0. The van der Waals surface area contributed by atoms with Crippen LogP contribution in [-0.2, 0) is 6.54 Å². The van der Waals surface area contributed by atoms with Crippen LogP contribution in [0.15, 0.2) is 47.7 Å². The number of nitrogen functional groups attached to an aromatic ring is 1. The van der Waals surface area contributed by atoms with E-state index in [0.29, 0.717) is 34.0 Å². The molecule has 4 aromatic rings. The molecule has 0 aliphatic heterocycles. The average Bonchev–Trinajstić information content (AvgIpc) is 2.78. The van der Waals surface area contributed by atoms with Gasteiger partial charge >= 0.3 is 0 Å². The Hall–Kier alpha value is -4.14. The number of nitrogens with two attached hydrogens (primary N) is 1. The second-order valence-corrected chi connectivity index (χ2v) is 8.19. The highest BCUT2D eigenvalue weighted by Gasteiger charge is 2.20. The molecule has 0 saturated heterocycles. The number of nitrogens with zero attached hydrogens (tertiary/aromatic N) is 5. The van der Waals surface area contributed by atoms with Crippen molar-refractivity contribution >= 4 is 28.4 Å². The molecule has 0 bridgehead atoms. The SMILES string of the molecule is Cc1ccccc1-n1c(CNc2ncnc(N)c2C(=N)C(C)C)nc2nccc(C)c2c1=O. The minimum absolute atomic E-state index is 0.0602. The van der Waals surface area contributed by atoms with E-state index < -0.39 is 0 Å². The number of nitrogens with one attached hydrogen (secondary N) is 2. The van der Waals surface area contributed by atoms with E-state index in [0.717, 1.165) is 16.8 Å². The molecule has 0 amide bonds. The van der Waals surface area contributed by atoms with Crippen LogP contribution < -0.4 is 16.6 Å². The van der Waals surface area contributed by atoms with Gasteiger partial charge < -0.3 is 16.5 Å². The number of benzene rings is 1. The van der Waals surface area contributed by atoms with Crippen molar-refractivity contribution in [3.05, 3.63) is 75.7 Å². The number of aryl methyl sites for hydroxylation is 2. The molecule has 4 rings (SSSR count). The fourth-order valence-electron chi connectivity index (χ4n) is 3.73. The van der Waals surface area contributed by atoms with Crippen molar-refractivity contribution in [2.24, 2.45) is 5.92 Å². The molecule has 33 heavy (non-hydrogen) atoms. The zero-order chi connectivity index (χ0) is 23.7. The molecule has 0 unspecified atom stereocenters. The first-order valence-electron chi connectivity index (χ1n) is 10.7. The topological polar surface area (TPSA) is 135 Å². The third-order valence-corrected chi connectivity index (χ3v) is 5.54. The van der Waals surface area contributed by atoms with Gasteiger partial charge in [0.2, 0.25) is 0 Å². The van der Waals surface area contributed by atoms with Gasteiger partial charge in [-0.1, -0.05) is 32.0 Å². The van der Waals surface area contributed by atoms with E-state index in [9.17, 15) is 4.79 Å². The Morgan fingerprint density at radius 1 is 1.12 bits per heavy atom. The molecular weight excluding hydrogens is 416 g/mol. The van der Waals surface area contributed by atoms with Crippen LogP contribution in [0.1, 0.15) is 36.4 Å². The van der Waals surface area contributed by atoms with Crippen LogP contribution in [0, 0.1) is 25.2 Å². The molecule has 0 saturated carbocycles. The van der Waals surface area contributed by atoms with Gasteiger partial charge in [0, 0.05) is 11.9 Å². The van der Waals surface area contributed by atoms with Gasteiger partial charge in [0.05, 0.1) is 23.2 Å². The van der Waals surface area contributed by atoms with Crippen LogP contribution >= 0.6 is 0 Å². The van der Waals surface area contributed by atoms with E-state index in [2.05, 4.69) is 20.3 Å². The summed E-state index contributed by atoms with van der Waals surface area (Å²) in [4.78, 5) is 31.0. The predicted octanol–water partition coefficient (Wildman–Crippen LogP) is 3.41. The second-order valence-electron chi connectivity index (χ2n) is 8.19. The minimum atomic E-state index is -0.186. The van der Waals surface area contributed by atoms with Gasteiger partial charge in [-0.15, -0.1) is 0 Å². The maximum Gasteiger partial charge on any atom is 0.267 e. The highest BCUT2D eigenvalue weighted by molar-refractivity contribution is 6.06. The van der Waals surface area contributed by atoms with Crippen LogP contribution in [0.5, 0.6) is 0 Å². The summed E-state index contributed by atoms with van der Waals surface area (Å²) in [6.45, 7) is 7.82.